The zero-order valence-corrected chi connectivity index (χ0v) is 18.8. The fourth-order valence-electron chi connectivity index (χ4n) is 2.70. The zero-order valence-electron chi connectivity index (χ0n) is 18.8. The van der Waals surface area contributed by atoms with Crippen LogP contribution in [-0.2, 0) is 14.3 Å². The van der Waals surface area contributed by atoms with Gasteiger partial charge in [-0.15, -0.1) is 0 Å². The normalized spacial score (nSPS) is 11.8. The molecule has 0 spiro atoms. The molecule has 0 aliphatic rings. The van der Waals surface area contributed by atoms with Crippen molar-refractivity contribution in [1.29, 1.82) is 0 Å². The molecule has 2 aromatic rings. The molecular formula is C24H29N3O5. The maximum absolute atomic E-state index is 12.5. The Morgan fingerprint density at radius 3 is 2.28 bits per heavy atom. The SMILES string of the molecule is CCOC(=O)COc1ccc(/C=N/NC(=O)C(NC(=O)c2ccc(C)cc2)C(C)C)cc1. The molecule has 8 heteroatoms. The molecule has 32 heavy (non-hydrogen) atoms. The number of carbonyl (C=O) groups is 3. The number of amides is 2. The van der Waals surface area contributed by atoms with Gasteiger partial charge in [0, 0.05) is 5.56 Å². The van der Waals surface area contributed by atoms with E-state index in [2.05, 4.69) is 15.8 Å². The number of nitrogens with one attached hydrogen (secondary N) is 2. The molecule has 2 amide bonds. The van der Waals surface area contributed by atoms with Gasteiger partial charge in [0.1, 0.15) is 11.8 Å². The predicted octanol–water partition coefficient (Wildman–Crippen LogP) is 2.84. The fourth-order valence-corrected chi connectivity index (χ4v) is 2.70. The summed E-state index contributed by atoms with van der Waals surface area (Å²) < 4.78 is 10.1. The van der Waals surface area contributed by atoms with Gasteiger partial charge in [-0.3, -0.25) is 9.59 Å². The molecule has 0 radical (unpaired) electrons. The highest BCUT2D eigenvalue weighted by Gasteiger charge is 2.24. The lowest BCUT2D eigenvalue weighted by atomic mass is 10.0. The van der Waals surface area contributed by atoms with E-state index in [1.807, 2.05) is 32.9 Å². The molecule has 0 saturated heterocycles. The first-order chi connectivity index (χ1) is 15.3. The van der Waals surface area contributed by atoms with Crippen LogP contribution in [0, 0.1) is 12.8 Å². The van der Waals surface area contributed by atoms with Crippen LogP contribution < -0.4 is 15.5 Å². The molecule has 1 unspecified atom stereocenters. The second-order valence-electron chi connectivity index (χ2n) is 7.46. The molecule has 2 aromatic carbocycles. The van der Waals surface area contributed by atoms with Crippen molar-refractivity contribution < 1.29 is 23.9 Å². The van der Waals surface area contributed by atoms with Gasteiger partial charge in [-0.2, -0.15) is 5.10 Å². The van der Waals surface area contributed by atoms with Crippen molar-refractivity contribution in [2.24, 2.45) is 11.0 Å². The van der Waals surface area contributed by atoms with Crippen molar-refractivity contribution in [1.82, 2.24) is 10.7 Å². The number of benzene rings is 2. The van der Waals surface area contributed by atoms with Gasteiger partial charge in [-0.25, -0.2) is 10.2 Å². The Kier molecular flexibility index (Phi) is 9.41. The van der Waals surface area contributed by atoms with Gasteiger partial charge in [0.2, 0.25) is 0 Å². The first-order valence-corrected chi connectivity index (χ1v) is 10.4. The Hall–Kier alpha value is -3.68. The highest BCUT2D eigenvalue weighted by molar-refractivity contribution is 5.97. The number of nitrogens with zero attached hydrogens (tertiary/aromatic N) is 1. The quantitative estimate of drug-likeness (QED) is 0.336. The summed E-state index contributed by atoms with van der Waals surface area (Å²) in [4.78, 5) is 36.3. The van der Waals surface area contributed by atoms with E-state index in [1.165, 1.54) is 6.21 Å². The summed E-state index contributed by atoms with van der Waals surface area (Å²) in [6.07, 6.45) is 1.48. The van der Waals surface area contributed by atoms with Gasteiger partial charge in [0.05, 0.1) is 12.8 Å². The van der Waals surface area contributed by atoms with Gasteiger partial charge < -0.3 is 14.8 Å². The summed E-state index contributed by atoms with van der Waals surface area (Å²) in [6, 6.07) is 13.2. The maximum Gasteiger partial charge on any atom is 0.344 e. The van der Waals surface area contributed by atoms with E-state index >= 15 is 0 Å². The summed E-state index contributed by atoms with van der Waals surface area (Å²) in [6.45, 7) is 7.50. The maximum atomic E-state index is 12.5. The first kappa shape index (κ1) is 24.6. The van der Waals surface area contributed by atoms with Crippen molar-refractivity contribution in [3.63, 3.8) is 0 Å². The fraction of sp³-hybridized carbons (Fsp3) is 0.333. The van der Waals surface area contributed by atoms with E-state index < -0.39 is 17.9 Å². The molecule has 0 heterocycles. The van der Waals surface area contributed by atoms with Crippen LogP contribution in [0.3, 0.4) is 0 Å². The summed E-state index contributed by atoms with van der Waals surface area (Å²) in [5.41, 5.74) is 4.73. The Balaban J connectivity index is 1.90. The van der Waals surface area contributed by atoms with Gasteiger partial charge in [0.15, 0.2) is 6.61 Å². The lowest BCUT2D eigenvalue weighted by molar-refractivity contribution is -0.145. The number of hydrogen-bond acceptors (Lipinski definition) is 6. The number of esters is 1. The topological polar surface area (TPSA) is 106 Å². The minimum absolute atomic E-state index is 0.129. The van der Waals surface area contributed by atoms with E-state index in [0.29, 0.717) is 17.9 Å². The minimum atomic E-state index is -0.736. The summed E-state index contributed by atoms with van der Waals surface area (Å²) in [5.74, 6) is -0.782. The van der Waals surface area contributed by atoms with Gasteiger partial charge in [-0.1, -0.05) is 31.5 Å². The third kappa shape index (κ3) is 7.86. The van der Waals surface area contributed by atoms with Crippen molar-refractivity contribution >= 4 is 24.0 Å². The molecule has 8 nitrogen and oxygen atoms in total. The second-order valence-corrected chi connectivity index (χ2v) is 7.46. The number of hydrogen-bond donors (Lipinski definition) is 2. The van der Waals surface area contributed by atoms with E-state index in [1.54, 1.807) is 43.3 Å². The molecular weight excluding hydrogens is 410 g/mol. The van der Waals surface area contributed by atoms with Gasteiger partial charge >= 0.3 is 5.97 Å². The van der Waals surface area contributed by atoms with Crippen molar-refractivity contribution in [3.05, 3.63) is 65.2 Å². The smallest absolute Gasteiger partial charge is 0.344 e. The van der Waals surface area contributed by atoms with E-state index in [9.17, 15) is 14.4 Å². The highest BCUT2D eigenvalue weighted by atomic mass is 16.6. The van der Waals surface area contributed by atoms with Crippen LogP contribution in [0.4, 0.5) is 0 Å². The van der Waals surface area contributed by atoms with Crippen LogP contribution in [0.2, 0.25) is 0 Å². The van der Waals surface area contributed by atoms with Crippen molar-refractivity contribution in [2.75, 3.05) is 13.2 Å². The monoisotopic (exact) mass is 439 g/mol. The van der Waals surface area contributed by atoms with Crippen molar-refractivity contribution in [3.8, 4) is 5.75 Å². The number of hydrazone groups is 1. The molecule has 0 aromatic heterocycles. The van der Waals surface area contributed by atoms with Crippen LogP contribution in [0.1, 0.15) is 42.3 Å². The Morgan fingerprint density at radius 1 is 1.03 bits per heavy atom. The molecule has 2 rings (SSSR count). The minimum Gasteiger partial charge on any atom is -0.482 e. The van der Waals surface area contributed by atoms with Crippen LogP contribution in [0.15, 0.2) is 53.6 Å². The Bertz CT molecular complexity index is 937. The zero-order chi connectivity index (χ0) is 23.5. The highest BCUT2D eigenvalue weighted by Crippen LogP contribution is 2.11. The number of rotatable bonds is 10. The van der Waals surface area contributed by atoms with E-state index in [4.69, 9.17) is 9.47 Å². The third-order valence-electron chi connectivity index (χ3n) is 4.48. The molecule has 2 N–H and O–H groups in total. The number of aryl methyl sites for hydroxylation is 1. The average Bonchev–Trinajstić information content (AvgIpc) is 2.77. The lowest BCUT2D eigenvalue weighted by Gasteiger charge is -2.20. The summed E-state index contributed by atoms with van der Waals surface area (Å²) in [5, 5.41) is 6.73. The first-order valence-electron chi connectivity index (χ1n) is 10.4. The van der Waals surface area contributed by atoms with Crippen molar-refractivity contribution in [2.45, 2.75) is 33.7 Å². The molecule has 0 saturated carbocycles. The average molecular weight is 440 g/mol. The largest absolute Gasteiger partial charge is 0.482 e. The van der Waals surface area contributed by atoms with E-state index in [0.717, 1.165) is 11.1 Å². The van der Waals surface area contributed by atoms with E-state index in [-0.39, 0.29) is 18.4 Å². The number of ether oxygens (including phenoxy) is 2. The van der Waals surface area contributed by atoms with Crippen LogP contribution >= 0.6 is 0 Å². The molecule has 0 fully saturated rings. The molecule has 170 valence electrons. The third-order valence-corrected chi connectivity index (χ3v) is 4.48. The number of carbonyl (C=O) groups excluding carboxylic acids is 3. The van der Waals surface area contributed by atoms with Crippen LogP contribution in [-0.4, -0.2) is 43.3 Å². The second kappa shape index (κ2) is 12.2. The predicted molar refractivity (Wildman–Crippen MR) is 122 cm³/mol. The molecule has 0 bridgehead atoms. The lowest BCUT2D eigenvalue weighted by Crippen LogP contribution is -2.48. The Labute approximate surface area is 188 Å². The van der Waals surface area contributed by atoms with Crippen LogP contribution in [0.5, 0.6) is 5.75 Å². The molecule has 1 atom stereocenters. The van der Waals surface area contributed by atoms with Gasteiger partial charge in [-0.05, 0) is 61.7 Å². The molecule has 0 aliphatic heterocycles. The Morgan fingerprint density at radius 2 is 1.69 bits per heavy atom. The summed E-state index contributed by atoms with van der Waals surface area (Å²) >= 11 is 0. The summed E-state index contributed by atoms with van der Waals surface area (Å²) in [7, 11) is 0. The van der Waals surface area contributed by atoms with Gasteiger partial charge in [0.25, 0.3) is 11.8 Å². The standard InChI is InChI=1S/C24H29N3O5/c1-5-31-21(28)15-32-20-12-8-18(9-13-20)14-25-27-24(30)22(16(2)3)26-23(29)19-10-6-17(4)7-11-19/h6-14,16,22H,5,15H2,1-4H3,(H,26,29)(H,27,30)/b25-14+. The molecule has 0 aliphatic carbocycles. The van der Waals surface area contributed by atoms with Crippen LogP contribution in [0.25, 0.3) is 0 Å².